The van der Waals surface area contributed by atoms with Gasteiger partial charge in [0.25, 0.3) is 5.56 Å². The van der Waals surface area contributed by atoms with Crippen LogP contribution in [0.25, 0.3) is 21.5 Å². The molecule has 8 nitrogen and oxygen atoms in total. The minimum Gasteiger partial charge on any atom is -0.464 e. The number of allylic oxidation sites excluding steroid dienone is 1. The molecule has 0 bridgehead atoms. The van der Waals surface area contributed by atoms with Gasteiger partial charge in [-0.3, -0.25) is 14.2 Å². The Morgan fingerprint density at radius 2 is 2.31 bits per heavy atom. The number of hydrogen-bond donors (Lipinski definition) is 0. The zero-order chi connectivity index (χ0) is 22.9. The zero-order valence-corrected chi connectivity index (χ0v) is 20.0. The predicted molar refractivity (Wildman–Crippen MR) is 127 cm³/mol. The van der Waals surface area contributed by atoms with Crippen LogP contribution in [-0.4, -0.2) is 58.6 Å². The average molecular weight is 494 g/mol. The Bertz CT molecular complexity index is 1310. The van der Waals surface area contributed by atoms with Crippen LogP contribution in [0.15, 0.2) is 50.8 Å². The van der Waals surface area contributed by atoms with Crippen LogP contribution in [0.3, 0.4) is 0 Å². The van der Waals surface area contributed by atoms with Gasteiger partial charge in [0, 0.05) is 30.1 Å². The molecule has 1 saturated heterocycles. The van der Waals surface area contributed by atoms with Gasteiger partial charge in [0.15, 0.2) is 15.0 Å². The topological polar surface area (TPSA) is 102 Å². The number of amides is 1. The van der Waals surface area contributed by atoms with Crippen LogP contribution < -0.4 is 5.56 Å². The lowest BCUT2D eigenvalue weighted by Crippen LogP contribution is -2.42. The molecule has 170 valence electrons. The number of carbonyl (C=O) groups excluding carboxylic acids is 1. The molecule has 0 saturated carbocycles. The smallest absolute Gasteiger partial charge is 0.263 e. The van der Waals surface area contributed by atoms with Crippen LogP contribution in [0.5, 0.6) is 0 Å². The number of carbonyl (C=O) groups is 1. The molecule has 0 unspecified atom stereocenters. The quantitative estimate of drug-likeness (QED) is 0.270. The van der Waals surface area contributed by atoms with Crippen LogP contribution in [0, 0.1) is 0 Å². The van der Waals surface area contributed by atoms with E-state index in [4.69, 9.17) is 4.42 Å². The molecule has 1 amide bonds. The number of rotatable bonds is 8. The minimum atomic E-state index is -3.09. The van der Waals surface area contributed by atoms with Crippen molar-refractivity contribution in [3.63, 3.8) is 0 Å². The molecule has 0 radical (unpaired) electrons. The van der Waals surface area contributed by atoms with Gasteiger partial charge >= 0.3 is 0 Å². The third-order valence-electron chi connectivity index (χ3n) is 5.39. The standard InChI is InChI=1S/C21H23N3O5S3/c1-3-8-24-20(26)18-15(16-6-5-9-29-16)11-30-19(18)22-21(24)31-12-17(25)23(4-2)14-7-10-32(27,28)13-14/h3,5-6,9,11,14H,1,4,7-8,10,12-13H2,2H3/t14-/m1/s1. The first-order valence-corrected chi connectivity index (χ1v) is 13.8. The fourth-order valence-electron chi connectivity index (χ4n) is 3.89. The number of aromatic nitrogens is 2. The largest absolute Gasteiger partial charge is 0.464 e. The molecule has 0 aliphatic carbocycles. The molecule has 1 atom stereocenters. The lowest BCUT2D eigenvalue weighted by atomic mass is 10.2. The summed E-state index contributed by atoms with van der Waals surface area (Å²) < 4.78 is 30.6. The van der Waals surface area contributed by atoms with E-state index in [1.807, 2.05) is 12.3 Å². The van der Waals surface area contributed by atoms with E-state index < -0.39 is 9.84 Å². The Labute approximate surface area is 193 Å². The molecule has 11 heteroatoms. The summed E-state index contributed by atoms with van der Waals surface area (Å²) in [5, 5.41) is 2.75. The number of sulfone groups is 1. The van der Waals surface area contributed by atoms with E-state index in [0.717, 1.165) is 0 Å². The molecule has 32 heavy (non-hydrogen) atoms. The van der Waals surface area contributed by atoms with Gasteiger partial charge in [0.05, 0.1) is 28.9 Å². The van der Waals surface area contributed by atoms with Crippen molar-refractivity contribution in [3.8, 4) is 11.3 Å². The van der Waals surface area contributed by atoms with E-state index in [0.29, 0.717) is 39.7 Å². The molecular formula is C21H23N3O5S3. The molecule has 0 spiro atoms. The molecule has 4 heterocycles. The average Bonchev–Trinajstić information content (AvgIpc) is 3.49. The number of thiophene rings is 1. The molecule has 1 aliphatic heterocycles. The summed E-state index contributed by atoms with van der Waals surface area (Å²) in [4.78, 5) is 33.0. The van der Waals surface area contributed by atoms with Gasteiger partial charge in [-0.2, -0.15) is 0 Å². The van der Waals surface area contributed by atoms with Crippen molar-refractivity contribution in [1.82, 2.24) is 14.5 Å². The summed E-state index contributed by atoms with van der Waals surface area (Å²) in [6.07, 6.45) is 3.63. The van der Waals surface area contributed by atoms with Gasteiger partial charge < -0.3 is 9.32 Å². The minimum absolute atomic E-state index is 0.00732. The van der Waals surface area contributed by atoms with Crippen LogP contribution in [0.1, 0.15) is 13.3 Å². The van der Waals surface area contributed by atoms with E-state index in [9.17, 15) is 18.0 Å². The van der Waals surface area contributed by atoms with E-state index in [2.05, 4.69) is 11.6 Å². The van der Waals surface area contributed by atoms with Crippen molar-refractivity contribution in [1.29, 1.82) is 0 Å². The second-order valence-corrected chi connectivity index (χ2v) is 11.5. The second kappa shape index (κ2) is 9.24. The number of nitrogens with zero attached hydrogens (tertiary/aromatic N) is 3. The highest BCUT2D eigenvalue weighted by Crippen LogP contribution is 2.32. The van der Waals surface area contributed by atoms with E-state index in [-0.39, 0.29) is 41.3 Å². The fourth-order valence-corrected chi connectivity index (χ4v) is 7.48. The Hall–Kier alpha value is -2.37. The SMILES string of the molecule is C=CCn1c(SCC(=O)N(CC)[C@@H]2CCS(=O)(=O)C2)nc2scc(-c3ccco3)c2c1=O. The summed E-state index contributed by atoms with van der Waals surface area (Å²) in [5.41, 5.74) is 0.476. The van der Waals surface area contributed by atoms with Crippen LogP contribution in [-0.2, 0) is 21.2 Å². The third-order valence-corrected chi connectivity index (χ3v) is 8.98. The summed E-state index contributed by atoms with van der Waals surface area (Å²) in [7, 11) is -3.09. The van der Waals surface area contributed by atoms with Crippen LogP contribution >= 0.6 is 23.1 Å². The van der Waals surface area contributed by atoms with Crippen molar-refractivity contribution < 1.29 is 17.6 Å². The first-order chi connectivity index (χ1) is 15.3. The fraction of sp³-hybridized carbons (Fsp3) is 0.381. The summed E-state index contributed by atoms with van der Waals surface area (Å²) in [5.74, 6) is 0.619. The Balaban J connectivity index is 1.61. The molecular weight excluding hydrogens is 470 g/mol. The summed E-state index contributed by atoms with van der Waals surface area (Å²) in [6.45, 7) is 6.26. The highest BCUT2D eigenvalue weighted by atomic mass is 32.2. The maximum atomic E-state index is 13.3. The Morgan fingerprint density at radius 1 is 1.50 bits per heavy atom. The van der Waals surface area contributed by atoms with Crippen molar-refractivity contribution in [2.75, 3.05) is 23.8 Å². The summed E-state index contributed by atoms with van der Waals surface area (Å²) >= 11 is 2.53. The van der Waals surface area contributed by atoms with Gasteiger partial charge in [-0.05, 0) is 25.5 Å². The molecule has 0 aromatic carbocycles. The number of fused-ring (bicyclic) bond motifs is 1. The molecule has 3 aromatic heterocycles. The van der Waals surface area contributed by atoms with Gasteiger partial charge in [-0.25, -0.2) is 13.4 Å². The van der Waals surface area contributed by atoms with Crippen LogP contribution in [0.4, 0.5) is 0 Å². The first kappa shape index (κ1) is 22.8. The molecule has 4 rings (SSSR count). The normalized spacial score (nSPS) is 17.6. The van der Waals surface area contributed by atoms with Gasteiger partial charge in [0.2, 0.25) is 5.91 Å². The summed E-state index contributed by atoms with van der Waals surface area (Å²) in [6, 6.07) is 3.26. The molecule has 1 fully saturated rings. The molecule has 0 N–H and O–H groups in total. The molecule has 1 aliphatic rings. The lowest BCUT2D eigenvalue weighted by Gasteiger charge is -2.26. The maximum Gasteiger partial charge on any atom is 0.263 e. The predicted octanol–water partition coefficient (Wildman–Crippen LogP) is 3.03. The highest BCUT2D eigenvalue weighted by Gasteiger charge is 2.34. The maximum absolute atomic E-state index is 13.3. The second-order valence-electron chi connectivity index (χ2n) is 7.43. The zero-order valence-electron chi connectivity index (χ0n) is 17.5. The van der Waals surface area contributed by atoms with Crippen molar-refractivity contribution in [2.24, 2.45) is 0 Å². The number of furan rings is 1. The Kier molecular flexibility index (Phi) is 6.59. The van der Waals surface area contributed by atoms with E-state index in [1.54, 1.807) is 29.4 Å². The number of thioether (sulfide) groups is 1. The van der Waals surface area contributed by atoms with E-state index in [1.165, 1.54) is 27.7 Å². The third kappa shape index (κ3) is 4.41. The van der Waals surface area contributed by atoms with Crippen molar-refractivity contribution >= 4 is 49.1 Å². The van der Waals surface area contributed by atoms with Gasteiger partial charge in [-0.1, -0.05) is 17.8 Å². The van der Waals surface area contributed by atoms with Gasteiger partial charge in [0.1, 0.15) is 10.6 Å². The van der Waals surface area contributed by atoms with Crippen molar-refractivity contribution in [2.45, 2.75) is 31.1 Å². The van der Waals surface area contributed by atoms with Crippen molar-refractivity contribution in [3.05, 3.63) is 46.8 Å². The Morgan fingerprint density at radius 3 is 2.94 bits per heavy atom. The van der Waals surface area contributed by atoms with E-state index >= 15 is 0 Å². The lowest BCUT2D eigenvalue weighted by molar-refractivity contribution is -0.129. The van der Waals surface area contributed by atoms with Crippen LogP contribution in [0.2, 0.25) is 0 Å². The monoisotopic (exact) mass is 493 g/mol. The molecule has 3 aromatic rings. The first-order valence-electron chi connectivity index (χ1n) is 10.1. The highest BCUT2D eigenvalue weighted by molar-refractivity contribution is 7.99. The number of hydrogen-bond acceptors (Lipinski definition) is 8. The van der Waals surface area contributed by atoms with Gasteiger partial charge in [-0.15, -0.1) is 17.9 Å².